The fourth-order valence-electron chi connectivity index (χ4n) is 1.50. The summed E-state index contributed by atoms with van der Waals surface area (Å²) in [6, 6.07) is 7.40. The number of hydrogen-bond acceptors (Lipinski definition) is 5. The van der Waals surface area contributed by atoms with Crippen molar-refractivity contribution < 1.29 is 4.79 Å². The van der Waals surface area contributed by atoms with Crippen LogP contribution in [0.25, 0.3) is 0 Å². The summed E-state index contributed by atoms with van der Waals surface area (Å²) >= 11 is 8.73. The third-order valence-electron chi connectivity index (χ3n) is 2.39. The van der Waals surface area contributed by atoms with Gasteiger partial charge >= 0.3 is 0 Å². The van der Waals surface area contributed by atoms with Crippen molar-refractivity contribution in [1.29, 1.82) is 0 Å². The molecule has 0 radical (unpaired) electrons. The molecule has 1 aromatic carbocycles. The molecule has 0 aliphatic rings. The molecule has 100 valence electrons. The number of carbonyl (C=O) groups excluding carboxylic acids is 1. The van der Waals surface area contributed by atoms with Crippen LogP contribution in [-0.4, -0.2) is 21.9 Å². The second kappa shape index (κ2) is 6.88. The van der Waals surface area contributed by atoms with E-state index >= 15 is 0 Å². The summed E-state index contributed by atoms with van der Waals surface area (Å²) in [7, 11) is 0. The summed E-state index contributed by atoms with van der Waals surface area (Å²) in [5, 5.41) is 11.2. The second-order valence-corrected chi connectivity index (χ2v) is 6.33. The highest BCUT2D eigenvalue weighted by molar-refractivity contribution is 8.01. The highest BCUT2D eigenvalue weighted by Crippen LogP contribution is 2.20. The van der Waals surface area contributed by atoms with Crippen molar-refractivity contribution in [2.24, 2.45) is 0 Å². The molecule has 0 aliphatic heterocycles. The van der Waals surface area contributed by atoms with Crippen LogP contribution < -0.4 is 5.32 Å². The molecule has 0 unspecified atom stereocenters. The Bertz CT molecular complexity index is 548. The SMILES string of the molecule is C[C@@H](NC(=O)CSc1nncs1)c1cccc(Cl)c1. The molecule has 0 fully saturated rings. The molecule has 1 aromatic heterocycles. The molecule has 1 atom stereocenters. The average Bonchev–Trinajstić information content (AvgIpc) is 2.89. The molecule has 0 saturated heterocycles. The molecule has 1 heterocycles. The van der Waals surface area contributed by atoms with Crippen LogP contribution in [0.5, 0.6) is 0 Å². The first kappa shape index (κ1) is 14.3. The number of aromatic nitrogens is 2. The minimum absolute atomic E-state index is 0.0346. The third-order valence-corrected chi connectivity index (χ3v) is 4.49. The summed E-state index contributed by atoms with van der Waals surface area (Å²) in [6.45, 7) is 1.93. The minimum Gasteiger partial charge on any atom is -0.349 e. The molecule has 2 aromatic rings. The van der Waals surface area contributed by atoms with Crippen molar-refractivity contribution in [1.82, 2.24) is 15.5 Å². The van der Waals surface area contributed by atoms with Crippen molar-refractivity contribution in [3.8, 4) is 0 Å². The van der Waals surface area contributed by atoms with E-state index < -0.39 is 0 Å². The van der Waals surface area contributed by atoms with Crippen LogP contribution in [0.3, 0.4) is 0 Å². The van der Waals surface area contributed by atoms with E-state index in [1.165, 1.54) is 23.1 Å². The van der Waals surface area contributed by atoms with Gasteiger partial charge in [0, 0.05) is 5.02 Å². The Balaban J connectivity index is 1.84. The van der Waals surface area contributed by atoms with Gasteiger partial charge in [-0.1, -0.05) is 46.8 Å². The zero-order valence-electron chi connectivity index (χ0n) is 10.2. The van der Waals surface area contributed by atoms with Crippen molar-refractivity contribution in [2.45, 2.75) is 17.3 Å². The number of nitrogens with one attached hydrogen (secondary N) is 1. The number of hydrogen-bond donors (Lipinski definition) is 1. The van der Waals surface area contributed by atoms with E-state index in [0.717, 1.165) is 9.90 Å². The molecule has 0 saturated carbocycles. The van der Waals surface area contributed by atoms with Crippen LogP contribution in [0.1, 0.15) is 18.5 Å². The fraction of sp³-hybridized carbons (Fsp3) is 0.250. The number of carbonyl (C=O) groups is 1. The number of benzene rings is 1. The van der Waals surface area contributed by atoms with Gasteiger partial charge in [-0.25, -0.2) is 0 Å². The van der Waals surface area contributed by atoms with E-state index in [1.54, 1.807) is 5.51 Å². The van der Waals surface area contributed by atoms with Crippen molar-refractivity contribution >= 4 is 40.6 Å². The zero-order valence-corrected chi connectivity index (χ0v) is 12.6. The molecule has 7 heteroatoms. The van der Waals surface area contributed by atoms with Gasteiger partial charge in [-0.2, -0.15) is 0 Å². The highest BCUT2D eigenvalue weighted by atomic mass is 35.5. The van der Waals surface area contributed by atoms with Crippen molar-refractivity contribution in [3.63, 3.8) is 0 Å². The molecule has 19 heavy (non-hydrogen) atoms. The third kappa shape index (κ3) is 4.49. The maximum atomic E-state index is 11.8. The van der Waals surface area contributed by atoms with Gasteiger partial charge in [0.1, 0.15) is 5.51 Å². The Hall–Kier alpha value is -1.11. The van der Waals surface area contributed by atoms with Gasteiger partial charge in [0.25, 0.3) is 0 Å². The Morgan fingerprint density at radius 2 is 2.42 bits per heavy atom. The first-order valence-corrected chi connectivity index (χ1v) is 7.83. The van der Waals surface area contributed by atoms with Crippen LogP contribution in [0.4, 0.5) is 0 Å². The monoisotopic (exact) mass is 313 g/mol. The van der Waals surface area contributed by atoms with Gasteiger partial charge in [-0.15, -0.1) is 10.2 Å². The normalized spacial score (nSPS) is 12.1. The topological polar surface area (TPSA) is 54.9 Å². The summed E-state index contributed by atoms with van der Waals surface area (Å²) in [5.41, 5.74) is 2.64. The number of amides is 1. The van der Waals surface area contributed by atoms with Crippen LogP contribution in [0, 0.1) is 0 Å². The van der Waals surface area contributed by atoms with E-state index in [0.29, 0.717) is 10.8 Å². The summed E-state index contributed by atoms with van der Waals surface area (Å²) < 4.78 is 0.797. The zero-order chi connectivity index (χ0) is 13.7. The Labute approximate surface area is 124 Å². The van der Waals surface area contributed by atoms with Crippen LogP contribution >= 0.6 is 34.7 Å². The van der Waals surface area contributed by atoms with E-state index in [1.807, 2.05) is 31.2 Å². The lowest BCUT2D eigenvalue weighted by atomic mass is 10.1. The standard InChI is InChI=1S/C12H12ClN3OS2/c1-8(9-3-2-4-10(13)5-9)15-11(17)6-18-12-16-14-7-19-12/h2-5,7-8H,6H2,1H3,(H,15,17)/t8-/m1/s1. The highest BCUT2D eigenvalue weighted by Gasteiger charge is 2.11. The lowest BCUT2D eigenvalue weighted by molar-refractivity contribution is -0.119. The Morgan fingerprint density at radius 3 is 3.11 bits per heavy atom. The van der Waals surface area contributed by atoms with Crippen LogP contribution in [0.15, 0.2) is 34.1 Å². The van der Waals surface area contributed by atoms with Crippen LogP contribution in [0.2, 0.25) is 5.02 Å². The maximum absolute atomic E-state index is 11.8. The van der Waals surface area contributed by atoms with Gasteiger partial charge in [0.05, 0.1) is 11.8 Å². The van der Waals surface area contributed by atoms with Crippen molar-refractivity contribution in [2.75, 3.05) is 5.75 Å². The molecular formula is C12H12ClN3OS2. The molecule has 0 bridgehead atoms. The minimum atomic E-state index is -0.0683. The molecule has 0 aliphatic carbocycles. The number of rotatable bonds is 5. The van der Waals surface area contributed by atoms with Gasteiger partial charge in [-0.3, -0.25) is 4.79 Å². The Kier molecular flexibility index (Phi) is 5.18. The lowest BCUT2D eigenvalue weighted by Crippen LogP contribution is -2.28. The van der Waals surface area contributed by atoms with E-state index in [9.17, 15) is 4.79 Å². The molecule has 1 amide bonds. The molecule has 2 rings (SSSR count). The molecular weight excluding hydrogens is 302 g/mol. The first-order chi connectivity index (χ1) is 9.15. The number of halogens is 1. The largest absolute Gasteiger partial charge is 0.349 e. The molecule has 4 nitrogen and oxygen atoms in total. The number of nitrogens with zero attached hydrogens (tertiary/aromatic N) is 2. The molecule has 1 N–H and O–H groups in total. The van der Waals surface area contributed by atoms with Crippen molar-refractivity contribution in [3.05, 3.63) is 40.4 Å². The van der Waals surface area contributed by atoms with Gasteiger partial charge in [0.15, 0.2) is 4.34 Å². The van der Waals surface area contributed by atoms with Gasteiger partial charge < -0.3 is 5.32 Å². The van der Waals surface area contributed by atoms with Gasteiger partial charge in [-0.05, 0) is 24.6 Å². The van der Waals surface area contributed by atoms with E-state index in [-0.39, 0.29) is 11.9 Å². The summed E-state index contributed by atoms with van der Waals surface area (Å²) in [5.74, 6) is 0.299. The van der Waals surface area contributed by atoms with Gasteiger partial charge in [0.2, 0.25) is 5.91 Å². The maximum Gasteiger partial charge on any atom is 0.230 e. The quantitative estimate of drug-likeness (QED) is 0.862. The predicted molar refractivity (Wildman–Crippen MR) is 78.6 cm³/mol. The number of thioether (sulfide) groups is 1. The average molecular weight is 314 g/mol. The van der Waals surface area contributed by atoms with E-state index in [2.05, 4.69) is 15.5 Å². The smallest absolute Gasteiger partial charge is 0.230 e. The fourth-order valence-corrected chi connectivity index (χ4v) is 2.99. The first-order valence-electron chi connectivity index (χ1n) is 5.59. The summed E-state index contributed by atoms with van der Waals surface area (Å²) in [4.78, 5) is 11.8. The molecule has 0 spiro atoms. The summed E-state index contributed by atoms with van der Waals surface area (Å²) in [6.07, 6.45) is 0. The van der Waals surface area contributed by atoms with E-state index in [4.69, 9.17) is 11.6 Å². The Morgan fingerprint density at radius 1 is 1.58 bits per heavy atom. The lowest BCUT2D eigenvalue weighted by Gasteiger charge is -2.14. The second-order valence-electron chi connectivity index (χ2n) is 3.84. The predicted octanol–water partition coefficient (Wildman–Crippen LogP) is 3.16. The van der Waals surface area contributed by atoms with Crippen LogP contribution in [-0.2, 0) is 4.79 Å².